The Morgan fingerprint density at radius 2 is 0.595 bits per heavy atom. The first-order valence-corrected chi connectivity index (χ1v) is 18.9. The topological polar surface area (TPSA) is 0 Å². The molecule has 0 saturated heterocycles. The van der Waals surface area contributed by atoms with Gasteiger partial charge in [0.2, 0.25) is 0 Å². The first-order valence-electron chi connectivity index (χ1n) is 13.6. The summed E-state index contributed by atoms with van der Waals surface area (Å²) < 4.78 is 0. The third-order valence-electron chi connectivity index (χ3n) is 7.47. The van der Waals surface area contributed by atoms with Crippen molar-refractivity contribution in [1.82, 2.24) is 0 Å². The van der Waals surface area contributed by atoms with Crippen molar-refractivity contribution in [3.63, 3.8) is 0 Å². The minimum atomic E-state index is -3.15. The summed E-state index contributed by atoms with van der Waals surface area (Å²) in [5.41, 5.74) is 0. The van der Waals surface area contributed by atoms with Crippen LogP contribution in [-0.2, 0) is 22.4 Å². The molecule has 0 saturated carbocycles. The molecule has 0 heterocycles. The number of hydrogen-bond acceptors (Lipinski definition) is 0. The van der Waals surface area contributed by atoms with E-state index in [1.165, 1.54) is 15.9 Å². The van der Waals surface area contributed by atoms with Crippen LogP contribution in [0.5, 0.6) is 0 Å². The molecule has 0 radical (unpaired) electrons. The standard InChI is InChI=1S/C19H17ClP.C19H17P.Ag/c1-21(20,17-11-5-2-6-12-17,18-13-7-3-8-14-18)19-15-9-4-10-16-19;1-20(17-11-5-2-6-12-17,18-13-7-3-8-14-18)19-15-9-4-10-16-19;/h2-16H,1H2;2-16H,1H2;/q-1;;+1. The van der Waals surface area contributed by atoms with Crippen LogP contribution in [0.4, 0.5) is 0 Å². The van der Waals surface area contributed by atoms with Crippen LogP contribution in [0.1, 0.15) is 0 Å². The van der Waals surface area contributed by atoms with Crippen molar-refractivity contribution >= 4 is 62.2 Å². The molecule has 0 aromatic heterocycles. The molecule has 0 N–H and O–H groups in total. The molecule has 0 nitrogen and oxygen atoms in total. The predicted molar refractivity (Wildman–Crippen MR) is 189 cm³/mol. The van der Waals surface area contributed by atoms with E-state index in [1.807, 2.05) is 54.6 Å². The van der Waals surface area contributed by atoms with Gasteiger partial charge >= 0.3 is 153 Å². The van der Waals surface area contributed by atoms with E-state index in [0.717, 1.165) is 15.9 Å². The summed E-state index contributed by atoms with van der Waals surface area (Å²) in [6.07, 6.45) is 4.69. The van der Waals surface area contributed by atoms with Gasteiger partial charge in [-0.25, -0.2) is 0 Å². The fraction of sp³-hybridized carbons (Fsp3) is 0. The average Bonchev–Trinajstić information content (AvgIpc) is 3.07. The number of rotatable bonds is 6. The van der Waals surface area contributed by atoms with Gasteiger partial charge in [-0.1, -0.05) is 97.3 Å². The fourth-order valence-corrected chi connectivity index (χ4v) is 12.4. The van der Waals surface area contributed by atoms with Crippen molar-refractivity contribution in [2.45, 2.75) is 0 Å². The maximum absolute atomic E-state index is 7.39. The van der Waals surface area contributed by atoms with E-state index in [4.69, 9.17) is 17.5 Å². The molecule has 0 amide bonds. The number of benzene rings is 6. The van der Waals surface area contributed by atoms with Gasteiger partial charge in [0.25, 0.3) is 0 Å². The zero-order valence-corrected chi connectivity index (χ0v) is 27.3. The molecule has 0 aliphatic rings. The molecule has 0 unspecified atom stereocenters. The van der Waals surface area contributed by atoms with Gasteiger partial charge in [-0.2, -0.15) is 0 Å². The minimum absolute atomic E-state index is 0. The van der Waals surface area contributed by atoms with Crippen LogP contribution in [-0.4, -0.2) is 6.30 Å². The molecule has 42 heavy (non-hydrogen) atoms. The van der Waals surface area contributed by atoms with Crippen molar-refractivity contribution < 1.29 is 22.4 Å². The van der Waals surface area contributed by atoms with Crippen LogP contribution in [0.15, 0.2) is 182 Å². The van der Waals surface area contributed by atoms with Crippen LogP contribution >= 0.6 is 24.1 Å². The molecular formula is C38H34AgClP2. The third-order valence-corrected chi connectivity index (χ3v) is 16.9. The Morgan fingerprint density at radius 3 is 0.810 bits per heavy atom. The Morgan fingerprint density at radius 1 is 0.405 bits per heavy atom. The zero-order chi connectivity index (χ0) is 28.6. The summed E-state index contributed by atoms with van der Waals surface area (Å²) in [5, 5.41) is 7.21. The van der Waals surface area contributed by atoms with Crippen LogP contribution < -0.4 is 31.8 Å². The third kappa shape index (κ3) is 6.37. The molecule has 4 heteroatoms. The van der Waals surface area contributed by atoms with E-state index < -0.39 is 12.8 Å². The first-order chi connectivity index (χ1) is 19.9. The fourth-order valence-electron chi connectivity index (χ4n) is 5.16. The molecule has 0 aliphatic carbocycles. The molecule has 6 rings (SSSR count). The van der Waals surface area contributed by atoms with Gasteiger partial charge in [0.05, 0.1) is 0 Å². The molecule has 6 aromatic rings. The molecule has 0 aliphatic heterocycles. The van der Waals surface area contributed by atoms with Crippen molar-refractivity contribution in [2.75, 3.05) is 0 Å². The Kier molecular flexibility index (Phi) is 10.7. The van der Waals surface area contributed by atoms with Crippen LogP contribution in [0.3, 0.4) is 0 Å². The normalized spacial score (nSPS) is 12.0. The summed E-state index contributed by atoms with van der Waals surface area (Å²) in [5.74, 6) is -3.15. The average molecular weight is 696 g/mol. The van der Waals surface area contributed by atoms with E-state index in [0.29, 0.717) is 0 Å². The predicted octanol–water partition coefficient (Wildman–Crippen LogP) is 7.87. The van der Waals surface area contributed by atoms with Gasteiger partial charge in [0.1, 0.15) is 0 Å². The quantitative estimate of drug-likeness (QED) is 0.0946. The summed E-state index contributed by atoms with van der Waals surface area (Å²) in [6, 6.07) is 62.6. The van der Waals surface area contributed by atoms with Crippen molar-refractivity contribution in [3.8, 4) is 0 Å². The van der Waals surface area contributed by atoms with Crippen molar-refractivity contribution in [3.05, 3.63) is 189 Å². The van der Waals surface area contributed by atoms with Gasteiger partial charge in [-0.05, 0) is 22.8 Å². The summed E-state index contributed by atoms with van der Waals surface area (Å²) in [4.78, 5) is 0. The van der Waals surface area contributed by atoms with Crippen LogP contribution in [0.25, 0.3) is 0 Å². The molecule has 214 valence electrons. The van der Waals surface area contributed by atoms with Gasteiger partial charge < -0.3 is 0 Å². The Labute approximate surface area is 271 Å². The van der Waals surface area contributed by atoms with Crippen LogP contribution in [0, 0.1) is 6.66 Å². The van der Waals surface area contributed by atoms with E-state index in [9.17, 15) is 0 Å². The Bertz CT molecular complexity index is 1500. The summed E-state index contributed by atoms with van der Waals surface area (Å²) in [7, 11) is 0. The molecule has 0 spiro atoms. The molecule has 0 fully saturated rings. The zero-order valence-electron chi connectivity index (χ0n) is 23.3. The molecular weight excluding hydrogens is 662 g/mol. The Hall–Kier alpha value is -2.92. The van der Waals surface area contributed by atoms with Gasteiger partial charge in [0, 0.05) is 0 Å². The second kappa shape index (κ2) is 14.0. The van der Waals surface area contributed by atoms with E-state index in [2.05, 4.69) is 134 Å². The molecule has 6 aromatic carbocycles. The van der Waals surface area contributed by atoms with E-state index in [-0.39, 0.29) is 22.4 Å². The first kappa shape index (κ1) is 32.0. The second-order valence-corrected chi connectivity index (χ2v) is 19.3. The maximum atomic E-state index is 7.39. The monoisotopic (exact) mass is 694 g/mol. The van der Waals surface area contributed by atoms with Gasteiger partial charge in [-0.15, -0.1) is 0 Å². The van der Waals surface area contributed by atoms with Crippen LogP contribution in [0.2, 0.25) is 0 Å². The van der Waals surface area contributed by atoms with Gasteiger partial charge in [-0.3, -0.25) is 0 Å². The SMILES string of the molecule is C=P(c1ccccc1)(c1ccccc1)c1ccccc1.[Ag+].[CH2-]P(Cl)(c1ccccc1)(c1ccccc1)c1ccccc1. The summed E-state index contributed by atoms with van der Waals surface area (Å²) >= 11 is 7.39. The van der Waals surface area contributed by atoms with E-state index >= 15 is 0 Å². The number of hydrogen-bond donors (Lipinski definition) is 0. The second-order valence-electron chi connectivity index (χ2n) is 10.0. The van der Waals surface area contributed by atoms with Crippen molar-refractivity contribution in [2.24, 2.45) is 0 Å². The molecule has 0 bridgehead atoms. The van der Waals surface area contributed by atoms with Gasteiger partial charge in [0.15, 0.2) is 0 Å². The van der Waals surface area contributed by atoms with E-state index in [1.54, 1.807) is 0 Å². The Balaban J connectivity index is 0.000000189. The molecule has 0 atom stereocenters. The summed E-state index contributed by atoms with van der Waals surface area (Å²) in [6.45, 7) is 2.83. The van der Waals surface area contributed by atoms with Crippen molar-refractivity contribution in [1.29, 1.82) is 0 Å². The number of halogens is 1.